The molecule has 0 saturated carbocycles. The number of hydrogen-bond donors (Lipinski definition) is 0. The first-order chi connectivity index (χ1) is 22.5. The Labute approximate surface area is 270 Å². The Bertz CT molecular complexity index is 2240. The van der Waals surface area contributed by atoms with Gasteiger partial charge in [-0.15, -0.1) is 0 Å². The number of fused-ring (bicyclic) bond motifs is 4. The van der Waals surface area contributed by atoms with E-state index in [9.17, 15) is 0 Å². The molecule has 3 heterocycles. The summed E-state index contributed by atoms with van der Waals surface area (Å²) in [4.78, 5) is 5.30. The molecule has 0 amide bonds. The quantitative estimate of drug-likeness (QED) is 0.187. The van der Waals surface area contributed by atoms with Crippen LogP contribution in [-0.4, -0.2) is 24.4 Å². The molecule has 5 aromatic carbocycles. The van der Waals surface area contributed by atoms with Crippen LogP contribution in [-0.2, 0) is 0 Å². The Balaban J connectivity index is 1.43. The second-order valence-corrected chi connectivity index (χ2v) is 12.1. The van der Waals surface area contributed by atoms with Gasteiger partial charge in [-0.3, -0.25) is 0 Å². The number of allylic oxidation sites excluding steroid dienone is 2. The van der Waals surface area contributed by atoms with E-state index >= 15 is 0 Å². The molecule has 0 saturated heterocycles. The Morgan fingerprint density at radius 2 is 1.46 bits per heavy atom. The van der Waals surface area contributed by atoms with Gasteiger partial charge in [-0.1, -0.05) is 84.4 Å². The van der Waals surface area contributed by atoms with Gasteiger partial charge in [0.05, 0.1) is 18.5 Å². The summed E-state index contributed by atoms with van der Waals surface area (Å²) in [5.41, 5.74) is 13.1. The topological polar surface area (TPSA) is 35.8 Å². The van der Waals surface area contributed by atoms with Gasteiger partial charge in [0.25, 0.3) is 0 Å². The smallest absolute Gasteiger partial charge is 0.524 e. The van der Waals surface area contributed by atoms with Gasteiger partial charge in [0.1, 0.15) is 11.5 Å². The number of hydrogen-bond acceptors (Lipinski definition) is 3. The van der Waals surface area contributed by atoms with Gasteiger partial charge in [-0.05, 0) is 102 Å². The van der Waals surface area contributed by atoms with E-state index in [0.717, 1.165) is 56.5 Å². The Morgan fingerprint density at radius 3 is 2.28 bits per heavy atom. The molecular formula is C41H33BN2O2. The highest BCUT2D eigenvalue weighted by atomic mass is 16.5. The minimum atomic E-state index is -0.384. The third-order valence-electron chi connectivity index (χ3n) is 9.11. The first kappa shape index (κ1) is 28.0. The molecule has 0 atom stereocenters. The summed E-state index contributed by atoms with van der Waals surface area (Å²) in [6, 6.07) is 40.4. The predicted octanol–water partition coefficient (Wildman–Crippen LogP) is 8.70. The molecule has 2 aliphatic rings. The lowest BCUT2D eigenvalue weighted by atomic mass is 9.68. The summed E-state index contributed by atoms with van der Waals surface area (Å²) in [5.74, 6) is 1.68. The van der Waals surface area contributed by atoms with E-state index in [-0.39, 0.29) is 7.05 Å². The van der Waals surface area contributed by atoms with Crippen LogP contribution in [0.1, 0.15) is 33.5 Å². The summed E-state index contributed by atoms with van der Waals surface area (Å²) >= 11 is 0. The van der Waals surface area contributed by atoms with Gasteiger partial charge in [0, 0.05) is 28.1 Å². The monoisotopic (exact) mass is 596 g/mol. The number of benzene rings is 5. The van der Waals surface area contributed by atoms with E-state index in [1.54, 1.807) is 7.11 Å². The molecule has 0 unspecified atom stereocenters. The minimum absolute atomic E-state index is 0.384. The first-order valence-corrected chi connectivity index (χ1v) is 15.7. The van der Waals surface area contributed by atoms with Crippen LogP contribution in [0.5, 0.6) is 11.5 Å². The molecule has 1 aromatic heterocycles. The molecule has 0 spiro atoms. The van der Waals surface area contributed by atoms with Crippen molar-refractivity contribution < 1.29 is 9.39 Å². The van der Waals surface area contributed by atoms with E-state index in [1.165, 1.54) is 33.0 Å². The van der Waals surface area contributed by atoms with E-state index in [2.05, 4.69) is 128 Å². The van der Waals surface area contributed by atoms with Gasteiger partial charge in [-0.25, -0.2) is 4.99 Å². The van der Waals surface area contributed by atoms with Crippen molar-refractivity contribution in [2.75, 3.05) is 7.11 Å². The van der Waals surface area contributed by atoms with Crippen LogP contribution >= 0.6 is 0 Å². The number of methoxy groups -OCH3 is 1. The zero-order valence-corrected chi connectivity index (χ0v) is 26.4. The molecule has 6 aromatic rings. The van der Waals surface area contributed by atoms with Crippen LogP contribution in [0.3, 0.4) is 0 Å². The average molecular weight is 597 g/mol. The molecule has 4 nitrogen and oxygen atoms in total. The van der Waals surface area contributed by atoms with E-state index in [4.69, 9.17) is 14.4 Å². The van der Waals surface area contributed by atoms with Gasteiger partial charge in [0.15, 0.2) is 0 Å². The molecular weight excluding hydrogens is 563 g/mol. The summed E-state index contributed by atoms with van der Waals surface area (Å²) in [5, 5.41) is 2.36. The average Bonchev–Trinajstić information content (AvgIpc) is 3.74. The number of aryl methyl sites for hydroxylation is 3. The highest BCUT2D eigenvalue weighted by Crippen LogP contribution is 2.42. The second kappa shape index (κ2) is 11.1. The molecule has 0 bridgehead atoms. The van der Waals surface area contributed by atoms with Crippen molar-refractivity contribution in [3.63, 3.8) is 0 Å². The number of nitrogens with zero attached hydrogens (tertiary/aromatic N) is 2. The van der Waals surface area contributed by atoms with Crippen LogP contribution < -0.4 is 14.9 Å². The zero-order chi connectivity index (χ0) is 31.4. The van der Waals surface area contributed by atoms with Crippen LogP contribution in [0.15, 0.2) is 138 Å². The minimum Gasteiger partial charge on any atom is -0.537 e. The maximum atomic E-state index is 6.97. The summed E-state index contributed by atoms with van der Waals surface area (Å²) in [7, 11) is 1.32. The Morgan fingerprint density at radius 1 is 0.739 bits per heavy atom. The molecule has 8 rings (SSSR count). The number of rotatable bonds is 5. The standard InChI is InChI=1S/C41H33BN2O2/c1-26-24-27(2)40(28(3)25-26)41(35-21-20-34(43-35)31-15-7-9-18-38(31)45-4)37-23-22-36-32-16-8-10-19-39(32)46-42(44(36)37)33-17-11-13-29-12-5-6-14-30(29)33/h5-25H,1-4H3/b41-35+. The number of para-hydroxylation sites is 2. The van der Waals surface area contributed by atoms with Crippen molar-refractivity contribution >= 4 is 34.6 Å². The SMILES string of the molecule is COc1ccccc1C1=N/C(=C(/c2c(C)cc(C)cc2C)c2ccc3n2B(c2cccc4ccccc24)Oc2ccccc2-3)C=C1. The van der Waals surface area contributed by atoms with Crippen LogP contribution in [0, 0.1) is 20.8 Å². The molecule has 0 aliphatic carbocycles. The molecule has 0 radical (unpaired) electrons. The van der Waals surface area contributed by atoms with Gasteiger partial charge >= 0.3 is 7.05 Å². The largest absolute Gasteiger partial charge is 0.537 e. The third-order valence-corrected chi connectivity index (χ3v) is 9.11. The molecule has 46 heavy (non-hydrogen) atoms. The maximum Gasteiger partial charge on any atom is 0.524 e. The fourth-order valence-electron chi connectivity index (χ4n) is 7.22. The first-order valence-electron chi connectivity index (χ1n) is 15.7. The fraction of sp³-hybridized carbons (Fsp3) is 0.0976. The summed E-state index contributed by atoms with van der Waals surface area (Å²) in [6.07, 6.45) is 4.24. The van der Waals surface area contributed by atoms with Crippen molar-refractivity contribution in [1.82, 2.24) is 4.48 Å². The van der Waals surface area contributed by atoms with Crippen LogP contribution in [0.2, 0.25) is 0 Å². The lowest BCUT2D eigenvalue weighted by molar-refractivity contribution is 0.414. The van der Waals surface area contributed by atoms with Gasteiger partial charge in [0.2, 0.25) is 0 Å². The summed E-state index contributed by atoms with van der Waals surface area (Å²) < 4.78 is 15.1. The van der Waals surface area contributed by atoms with Crippen molar-refractivity contribution in [1.29, 1.82) is 0 Å². The van der Waals surface area contributed by atoms with Crippen molar-refractivity contribution in [2.24, 2.45) is 4.99 Å². The van der Waals surface area contributed by atoms with Crippen LogP contribution in [0.4, 0.5) is 0 Å². The van der Waals surface area contributed by atoms with Crippen molar-refractivity contribution in [3.8, 4) is 22.8 Å². The van der Waals surface area contributed by atoms with E-state index in [1.807, 2.05) is 24.3 Å². The summed E-state index contributed by atoms with van der Waals surface area (Å²) in [6.45, 7) is 6.56. The van der Waals surface area contributed by atoms with Crippen molar-refractivity contribution in [3.05, 3.63) is 167 Å². The zero-order valence-electron chi connectivity index (χ0n) is 26.4. The van der Waals surface area contributed by atoms with Gasteiger partial charge < -0.3 is 13.9 Å². The van der Waals surface area contributed by atoms with E-state index in [0.29, 0.717) is 0 Å². The third kappa shape index (κ3) is 4.50. The van der Waals surface area contributed by atoms with Crippen LogP contribution in [0.25, 0.3) is 27.6 Å². The highest BCUT2D eigenvalue weighted by molar-refractivity contribution is 6.70. The highest BCUT2D eigenvalue weighted by Gasteiger charge is 2.37. The molecule has 0 N–H and O–H groups in total. The number of aromatic nitrogens is 1. The maximum absolute atomic E-state index is 6.97. The van der Waals surface area contributed by atoms with Gasteiger partial charge in [-0.2, -0.15) is 0 Å². The molecule has 5 heteroatoms. The molecule has 222 valence electrons. The molecule has 0 fully saturated rings. The molecule has 2 aliphatic heterocycles. The lowest BCUT2D eigenvalue weighted by Crippen LogP contribution is -2.47. The second-order valence-electron chi connectivity index (χ2n) is 12.1. The van der Waals surface area contributed by atoms with E-state index < -0.39 is 0 Å². The Kier molecular flexibility index (Phi) is 6.76. The number of aliphatic imine (C=N–C) groups is 1. The Hall–Kier alpha value is -5.55. The normalized spacial score (nSPS) is 14.5. The fourth-order valence-corrected chi connectivity index (χ4v) is 7.22. The number of ether oxygens (including phenoxy) is 1. The predicted molar refractivity (Wildman–Crippen MR) is 191 cm³/mol. The van der Waals surface area contributed by atoms with Crippen molar-refractivity contribution in [2.45, 2.75) is 20.8 Å². The lowest BCUT2D eigenvalue weighted by Gasteiger charge is -2.30.